The van der Waals surface area contributed by atoms with Crippen LogP contribution in [0.15, 0.2) is 39.1 Å². The summed E-state index contributed by atoms with van der Waals surface area (Å²) in [6.45, 7) is 0. The van der Waals surface area contributed by atoms with Crippen molar-refractivity contribution in [1.29, 1.82) is 0 Å². The summed E-state index contributed by atoms with van der Waals surface area (Å²) in [5, 5.41) is 0.214. The number of nitrogen functional groups attached to an aromatic ring is 1. The van der Waals surface area contributed by atoms with E-state index in [4.69, 9.17) is 10.2 Å². The summed E-state index contributed by atoms with van der Waals surface area (Å²) < 4.78 is 31.1. The summed E-state index contributed by atoms with van der Waals surface area (Å²) in [7, 11) is 0. The first kappa shape index (κ1) is 9.97. The van der Waals surface area contributed by atoms with Gasteiger partial charge >= 0.3 is 0 Å². The Morgan fingerprint density at radius 3 is 2.80 bits per heavy atom. The monoisotopic (exact) mass is 228 g/mol. The quantitative estimate of drug-likeness (QED) is 0.803. The Balaban J connectivity index is 2.39. The number of benzene rings is 1. The maximum Gasteiger partial charge on any atom is 0.260 e. The van der Waals surface area contributed by atoms with Gasteiger partial charge in [0.2, 0.25) is 0 Å². The summed E-state index contributed by atoms with van der Waals surface area (Å²) >= 11 is 0.844. The second kappa shape index (κ2) is 3.90. The number of nitrogens with two attached hydrogens (primary N) is 1. The van der Waals surface area contributed by atoms with Crippen LogP contribution in [-0.4, -0.2) is 4.98 Å². The first-order chi connectivity index (χ1) is 7.18. The number of anilines is 1. The summed E-state index contributed by atoms with van der Waals surface area (Å²) in [5.41, 5.74) is 5.66. The van der Waals surface area contributed by atoms with Crippen molar-refractivity contribution in [2.24, 2.45) is 0 Å². The molecule has 1 heterocycles. The molecule has 1 aromatic heterocycles. The number of halogens is 2. The number of aromatic nitrogens is 1. The molecular formula is C9H6F2N2OS. The fourth-order valence-corrected chi connectivity index (χ4v) is 1.76. The molecule has 15 heavy (non-hydrogen) atoms. The summed E-state index contributed by atoms with van der Waals surface area (Å²) in [6.07, 6.45) is 2.76. The second-order valence-electron chi connectivity index (χ2n) is 2.68. The number of nitrogens with zero attached hydrogens (tertiary/aromatic N) is 1. The van der Waals surface area contributed by atoms with Gasteiger partial charge in [0, 0.05) is 5.69 Å². The lowest BCUT2D eigenvalue weighted by Crippen LogP contribution is -1.95. The van der Waals surface area contributed by atoms with Crippen LogP contribution in [-0.2, 0) is 0 Å². The van der Waals surface area contributed by atoms with Gasteiger partial charge in [-0.25, -0.2) is 13.8 Å². The van der Waals surface area contributed by atoms with E-state index >= 15 is 0 Å². The van der Waals surface area contributed by atoms with Crippen molar-refractivity contribution in [2.45, 2.75) is 10.1 Å². The van der Waals surface area contributed by atoms with Gasteiger partial charge in [0.25, 0.3) is 5.22 Å². The van der Waals surface area contributed by atoms with Crippen LogP contribution in [0.4, 0.5) is 14.5 Å². The number of rotatable bonds is 2. The Morgan fingerprint density at radius 1 is 1.33 bits per heavy atom. The Labute approximate surface area is 88.3 Å². The van der Waals surface area contributed by atoms with E-state index in [0.717, 1.165) is 17.8 Å². The third-order valence-corrected chi connectivity index (χ3v) is 2.67. The van der Waals surface area contributed by atoms with Gasteiger partial charge in [-0.05, 0) is 23.9 Å². The summed E-state index contributed by atoms with van der Waals surface area (Å²) in [4.78, 5) is 3.76. The molecular weight excluding hydrogens is 222 g/mol. The fraction of sp³-hybridized carbons (Fsp3) is 0. The molecule has 0 aliphatic heterocycles. The highest BCUT2D eigenvalue weighted by molar-refractivity contribution is 7.99. The molecule has 0 saturated heterocycles. The Bertz CT molecular complexity index is 473. The molecule has 0 spiro atoms. The van der Waals surface area contributed by atoms with E-state index in [-0.39, 0.29) is 15.8 Å². The molecule has 0 aliphatic rings. The van der Waals surface area contributed by atoms with Gasteiger partial charge in [0.05, 0.1) is 11.1 Å². The van der Waals surface area contributed by atoms with Crippen molar-refractivity contribution in [2.75, 3.05) is 5.73 Å². The Kier molecular flexibility index (Phi) is 2.59. The molecule has 6 heteroatoms. The minimum atomic E-state index is -0.988. The lowest BCUT2D eigenvalue weighted by atomic mass is 10.3. The third kappa shape index (κ3) is 1.94. The molecule has 1 aromatic carbocycles. The number of oxazole rings is 1. The molecule has 3 nitrogen and oxygen atoms in total. The molecule has 0 unspecified atom stereocenters. The third-order valence-electron chi connectivity index (χ3n) is 1.68. The van der Waals surface area contributed by atoms with Gasteiger partial charge in [-0.15, -0.1) is 0 Å². The molecule has 0 fully saturated rings. The summed E-state index contributed by atoms with van der Waals surface area (Å²) in [5.74, 6) is -1.93. The maximum atomic E-state index is 13.3. The lowest BCUT2D eigenvalue weighted by molar-refractivity contribution is 0.452. The molecule has 2 rings (SSSR count). The van der Waals surface area contributed by atoms with Gasteiger partial charge in [-0.3, -0.25) is 0 Å². The molecule has 0 saturated carbocycles. The zero-order valence-corrected chi connectivity index (χ0v) is 8.22. The first-order valence-electron chi connectivity index (χ1n) is 3.99. The first-order valence-corrected chi connectivity index (χ1v) is 4.81. The zero-order valence-electron chi connectivity index (χ0n) is 7.41. The SMILES string of the molecule is Nc1ccc(F)c(F)c1Sc1ncco1. The minimum Gasteiger partial charge on any atom is -0.440 e. The van der Waals surface area contributed by atoms with Gasteiger partial charge in [0.1, 0.15) is 6.26 Å². The summed E-state index contributed by atoms with van der Waals surface area (Å²) in [6, 6.07) is 2.27. The standard InChI is InChI=1S/C9H6F2N2OS/c10-5-1-2-6(12)8(7(5)11)15-9-13-3-4-14-9/h1-4H,12H2. The van der Waals surface area contributed by atoms with Crippen molar-refractivity contribution in [3.8, 4) is 0 Å². The molecule has 78 valence electrons. The van der Waals surface area contributed by atoms with E-state index in [1.807, 2.05) is 0 Å². The zero-order chi connectivity index (χ0) is 10.8. The topological polar surface area (TPSA) is 52.0 Å². The highest BCUT2D eigenvalue weighted by Crippen LogP contribution is 2.34. The van der Waals surface area contributed by atoms with Crippen molar-refractivity contribution in [3.05, 3.63) is 36.2 Å². The van der Waals surface area contributed by atoms with Crippen molar-refractivity contribution in [3.63, 3.8) is 0 Å². The van der Waals surface area contributed by atoms with E-state index in [1.165, 1.54) is 18.5 Å². The van der Waals surface area contributed by atoms with E-state index in [2.05, 4.69) is 4.98 Å². The van der Waals surface area contributed by atoms with Crippen LogP contribution in [0.5, 0.6) is 0 Å². The average molecular weight is 228 g/mol. The molecule has 0 aliphatic carbocycles. The molecule has 2 N–H and O–H groups in total. The van der Waals surface area contributed by atoms with Crippen molar-refractivity contribution in [1.82, 2.24) is 4.98 Å². The molecule has 0 bridgehead atoms. The highest BCUT2D eigenvalue weighted by atomic mass is 32.2. The van der Waals surface area contributed by atoms with Crippen LogP contribution >= 0.6 is 11.8 Å². The molecule has 2 aromatic rings. The van der Waals surface area contributed by atoms with Gasteiger partial charge in [-0.1, -0.05) is 0 Å². The van der Waals surface area contributed by atoms with Crippen molar-refractivity contribution >= 4 is 17.4 Å². The normalized spacial score (nSPS) is 10.5. The largest absolute Gasteiger partial charge is 0.440 e. The van der Waals surface area contributed by atoms with Crippen LogP contribution in [0, 0.1) is 11.6 Å². The predicted octanol–water partition coefficient (Wildman–Crippen LogP) is 2.69. The molecule has 0 radical (unpaired) electrons. The Hall–Kier alpha value is -1.56. The fourth-order valence-electron chi connectivity index (χ4n) is 0.999. The van der Waals surface area contributed by atoms with E-state index in [0.29, 0.717) is 0 Å². The van der Waals surface area contributed by atoms with Gasteiger partial charge in [-0.2, -0.15) is 0 Å². The Morgan fingerprint density at radius 2 is 2.13 bits per heavy atom. The molecule has 0 amide bonds. The van der Waals surface area contributed by atoms with Crippen LogP contribution in [0.1, 0.15) is 0 Å². The lowest BCUT2D eigenvalue weighted by Gasteiger charge is -2.04. The van der Waals surface area contributed by atoms with Crippen LogP contribution < -0.4 is 5.73 Å². The van der Waals surface area contributed by atoms with Gasteiger partial charge < -0.3 is 10.2 Å². The molecule has 0 atom stereocenters. The van der Waals surface area contributed by atoms with E-state index in [9.17, 15) is 8.78 Å². The minimum absolute atomic E-state index is 0.0162. The maximum absolute atomic E-state index is 13.3. The van der Waals surface area contributed by atoms with Crippen LogP contribution in [0.3, 0.4) is 0 Å². The van der Waals surface area contributed by atoms with E-state index < -0.39 is 11.6 Å². The smallest absolute Gasteiger partial charge is 0.260 e. The number of hydrogen-bond donors (Lipinski definition) is 1. The van der Waals surface area contributed by atoms with Crippen molar-refractivity contribution < 1.29 is 13.2 Å². The number of hydrogen-bond acceptors (Lipinski definition) is 4. The van der Waals surface area contributed by atoms with Crippen LogP contribution in [0.2, 0.25) is 0 Å². The van der Waals surface area contributed by atoms with Gasteiger partial charge in [0.15, 0.2) is 11.6 Å². The average Bonchev–Trinajstić information content (AvgIpc) is 2.71. The second-order valence-corrected chi connectivity index (χ2v) is 3.64. The van der Waals surface area contributed by atoms with Crippen LogP contribution in [0.25, 0.3) is 0 Å². The van der Waals surface area contributed by atoms with E-state index in [1.54, 1.807) is 0 Å². The highest BCUT2D eigenvalue weighted by Gasteiger charge is 2.14. The predicted molar refractivity (Wildman–Crippen MR) is 51.4 cm³/mol.